The molecule has 1 unspecified atom stereocenters. The van der Waals surface area contributed by atoms with E-state index in [9.17, 15) is 0 Å². The molecule has 3 aromatic rings. The van der Waals surface area contributed by atoms with Crippen molar-refractivity contribution in [2.24, 2.45) is 5.92 Å². The van der Waals surface area contributed by atoms with E-state index in [0.29, 0.717) is 11.8 Å². The van der Waals surface area contributed by atoms with Crippen molar-refractivity contribution in [3.63, 3.8) is 0 Å². The van der Waals surface area contributed by atoms with E-state index in [-0.39, 0.29) is 6.04 Å². The molecule has 1 aromatic heterocycles. The van der Waals surface area contributed by atoms with Crippen LogP contribution >= 0.6 is 11.3 Å². The van der Waals surface area contributed by atoms with E-state index >= 15 is 0 Å². The molecule has 0 aliphatic carbocycles. The van der Waals surface area contributed by atoms with Crippen LogP contribution in [0, 0.1) is 5.92 Å². The lowest BCUT2D eigenvalue weighted by atomic mass is 9.94. The van der Waals surface area contributed by atoms with Crippen molar-refractivity contribution < 1.29 is 0 Å². The van der Waals surface area contributed by atoms with E-state index in [2.05, 4.69) is 87.8 Å². The average molecular weight is 378 g/mol. The van der Waals surface area contributed by atoms with Crippen LogP contribution in [0.5, 0.6) is 0 Å². The van der Waals surface area contributed by atoms with Crippen LogP contribution in [-0.2, 0) is 0 Å². The molecule has 0 bridgehead atoms. The second-order valence-corrected chi connectivity index (χ2v) is 8.59. The van der Waals surface area contributed by atoms with Crippen LogP contribution in [0.2, 0.25) is 0 Å². The van der Waals surface area contributed by atoms with Gasteiger partial charge in [-0.1, -0.05) is 71.9 Å². The molecular weight excluding hydrogens is 346 g/mol. The zero-order valence-corrected chi connectivity index (χ0v) is 18.2. The topological polar surface area (TPSA) is 12.0 Å². The van der Waals surface area contributed by atoms with Crippen molar-refractivity contribution in [3.05, 3.63) is 71.5 Å². The Balaban J connectivity index is 0.00000102. The number of dihydropyridines is 1. The van der Waals surface area contributed by atoms with Gasteiger partial charge in [0.05, 0.1) is 6.04 Å². The van der Waals surface area contributed by atoms with Crippen molar-refractivity contribution in [2.75, 3.05) is 0 Å². The molecule has 1 aliphatic rings. The number of thiophene rings is 1. The molecule has 0 radical (unpaired) electrons. The highest BCUT2D eigenvalue weighted by Gasteiger charge is 2.18. The molecule has 0 amide bonds. The van der Waals surface area contributed by atoms with Gasteiger partial charge in [0, 0.05) is 20.2 Å². The quantitative estimate of drug-likeness (QED) is 0.488. The third kappa shape index (κ3) is 3.82. The van der Waals surface area contributed by atoms with Gasteiger partial charge in [0.1, 0.15) is 0 Å². The molecule has 2 aromatic carbocycles. The minimum Gasteiger partial charge on any atom is -0.381 e. The molecule has 1 N–H and O–H groups in total. The highest BCUT2D eigenvalue weighted by atomic mass is 32.1. The summed E-state index contributed by atoms with van der Waals surface area (Å²) >= 11 is 1.92. The average Bonchev–Trinajstić information content (AvgIpc) is 3.07. The maximum Gasteiger partial charge on any atom is 0.0712 e. The summed E-state index contributed by atoms with van der Waals surface area (Å²) in [5.74, 6) is 1.11. The summed E-state index contributed by atoms with van der Waals surface area (Å²) in [6.07, 6.45) is 6.67. The standard InChI is InChI=1S/C23H25NS.C2H6/c1-14(2)16-8-9-22-20(12-16)18-6-5-7-19(23(18)25-22)21-13-17(15(3)4)10-11-24-21;1-2/h5-15,21,24H,1-4H3;1-2H3. The summed E-state index contributed by atoms with van der Waals surface area (Å²) in [7, 11) is 0. The highest BCUT2D eigenvalue weighted by molar-refractivity contribution is 7.26. The van der Waals surface area contributed by atoms with Crippen molar-refractivity contribution in [1.82, 2.24) is 5.32 Å². The second-order valence-electron chi connectivity index (χ2n) is 7.54. The van der Waals surface area contributed by atoms with Crippen molar-refractivity contribution >= 4 is 31.5 Å². The zero-order valence-electron chi connectivity index (χ0n) is 17.3. The third-order valence-corrected chi connectivity index (χ3v) is 6.37. The fourth-order valence-electron chi connectivity index (χ4n) is 3.55. The molecule has 1 nitrogen and oxygen atoms in total. The van der Waals surface area contributed by atoms with Gasteiger partial charge in [-0.2, -0.15) is 0 Å². The molecule has 0 saturated heterocycles. The summed E-state index contributed by atoms with van der Waals surface area (Å²) < 4.78 is 2.79. The van der Waals surface area contributed by atoms with E-state index in [1.807, 2.05) is 25.2 Å². The van der Waals surface area contributed by atoms with E-state index in [0.717, 1.165) is 0 Å². The van der Waals surface area contributed by atoms with Crippen LogP contribution in [0.25, 0.3) is 20.2 Å². The molecule has 0 saturated carbocycles. The Bertz CT molecular complexity index is 988. The Kier molecular flexibility index (Phi) is 6.06. The lowest BCUT2D eigenvalue weighted by Gasteiger charge is -2.21. The smallest absolute Gasteiger partial charge is 0.0712 e. The Morgan fingerprint density at radius 1 is 0.926 bits per heavy atom. The number of hydrogen-bond acceptors (Lipinski definition) is 2. The molecule has 0 spiro atoms. The van der Waals surface area contributed by atoms with E-state index in [1.54, 1.807) is 0 Å². The summed E-state index contributed by atoms with van der Waals surface area (Å²) in [6, 6.07) is 14.0. The summed E-state index contributed by atoms with van der Waals surface area (Å²) in [6.45, 7) is 13.0. The van der Waals surface area contributed by atoms with Crippen molar-refractivity contribution in [3.8, 4) is 0 Å². The number of hydrogen-bond donors (Lipinski definition) is 1. The Morgan fingerprint density at radius 3 is 2.41 bits per heavy atom. The number of nitrogens with one attached hydrogen (secondary N) is 1. The van der Waals surface area contributed by atoms with Gasteiger partial charge in [-0.3, -0.25) is 0 Å². The molecular formula is C25H31NS. The molecule has 2 heteroatoms. The molecule has 4 rings (SSSR count). The van der Waals surface area contributed by atoms with Gasteiger partial charge < -0.3 is 5.32 Å². The summed E-state index contributed by atoms with van der Waals surface area (Å²) in [5, 5.41) is 6.32. The van der Waals surface area contributed by atoms with Crippen LogP contribution in [0.4, 0.5) is 0 Å². The zero-order chi connectivity index (χ0) is 19.6. The number of fused-ring (bicyclic) bond motifs is 3. The van der Waals surface area contributed by atoms with Crippen LogP contribution in [-0.4, -0.2) is 0 Å². The number of rotatable bonds is 3. The van der Waals surface area contributed by atoms with E-state index in [4.69, 9.17) is 0 Å². The molecule has 142 valence electrons. The Hall–Kier alpha value is -2.06. The number of allylic oxidation sites excluding steroid dienone is 2. The fraction of sp³-hybridized carbons (Fsp3) is 0.360. The molecule has 27 heavy (non-hydrogen) atoms. The maximum atomic E-state index is 3.54. The van der Waals surface area contributed by atoms with Crippen molar-refractivity contribution in [2.45, 2.75) is 53.5 Å². The van der Waals surface area contributed by atoms with Crippen LogP contribution in [0.3, 0.4) is 0 Å². The van der Waals surface area contributed by atoms with Gasteiger partial charge in [0.2, 0.25) is 0 Å². The minimum atomic E-state index is 0.253. The van der Waals surface area contributed by atoms with Gasteiger partial charge in [0.25, 0.3) is 0 Å². The molecule has 1 atom stereocenters. The Labute approximate surface area is 167 Å². The predicted molar refractivity (Wildman–Crippen MR) is 123 cm³/mol. The first-order chi connectivity index (χ1) is 13.0. The lowest BCUT2D eigenvalue weighted by molar-refractivity contribution is 0.702. The summed E-state index contributed by atoms with van der Waals surface area (Å²) in [5.41, 5.74) is 4.20. The van der Waals surface area contributed by atoms with Crippen LogP contribution in [0.1, 0.15) is 64.6 Å². The fourth-order valence-corrected chi connectivity index (χ4v) is 4.79. The van der Waals surface area contributed by atoms with Crippen LogP contribution in [0.15, 0.2) is 60.3 Å². The predicted octanol–water partition coefficient (Wildman–Crippen LogP) is 7.94. The minimum absolute atomic E-state index is 0.253. The van der Waals surface area contributed by atoms with Gasteiger partial charge >= 0.3 is 0 Å². The maximum absolute atomic E-state index is 3.54. The monoisotopic (exact) mass is 377 g/mol. The molecule has 0 fully saturated rings. The first-order valence-corrected chi connectivity index (χ1v) is 11.0. The summed E-state index contributed by atoms with van der Waals surface area (Å²) in [4.78, 5) is 0. The first kappa shape index (κ1) is 19.7. The SMILES string of the molecule is CC.CC(C)C1=CC(c2cccc3c2sc2ccc(C(C)C)cc23)NC=C1. The molecule has 2 heterocycles. The third-order valence-electron chi connectivity index (χ3n) is 5.13. The highest BCUT2D eigenvalue weighted by Crippen LogP contribution is 2.40. The number of benzene rings is 2. The van der Waals surface area contributed by atoms with Gasteiger partial charge in [-0.25, -0.2) is 0 Å². The van der Waals surface area contributed by atoms with Gasteiger partial charge in [-0.15, -0.1) is 11.3 Å². The van der Waals surface area contributed by atoms with E-state index in [1.165, 1.54) is 36.9 Å². The largest absolute Gasteiger partial charge is 0.381 e. The van der Waals surface area contributed by atoms with Gasteiger partial charge in [-0.05, 0) is 52.9 Å². The lowest BCUT2D eigenvalue weighted by Crippen LogP contribution is -2.17. The second kappa shape index (κ2) is 8.31. The molecule has 1 aliphatic heterocycles. The Morgan fingerprint density at radius 2 is 1.70 bits per heavy atom. The van der Waals surface area contributed by atoms with Gasteiger partial charge in [0.15, 0.2) is 0 Å². The normalized spacial score (nSPS) is 16.4. The van der Waals surface area contributed by atoms with Crippen molar-refractivity contribution in [1.29, 1.82) is 0 Å². The first-order valence-electron chi connectivity index (χ1n) is 10.1. The van der Waals surface area contributed by atoms with Crippen LogP contribution < -0.4 is 5.32 Å². The van der Waals surface area contributed by atoms with E-state index < -0.39 is 0 Å².